The molecule has 3 aromatic rings. The van der Waals surface area contributed by atoms with Gasteiger partial charge in [-0.2, -0.15) is 9.36 Å². The van der Waals surface area contributed by atoms with E-state index in [2.05, 4.69) is 10.4 Å². The molecule has 2 aromatic heterocycles. The molecule has 0 unspecified atom stereocenters. The first-order valence-electron chi connectivity index (χ1n) is 6.58. The minimum Gasteiger partial charge on any atom is -0.425 e. The van der Waals surface area contributed by atoms with Crippen molar-refractivity contribution < 1.29 is 9.53 Å². The highest BCUT2D eigenvalue weighted by Crippen LogP contribution is 2.21. The Bertz CT molecular complexity index is 901. The second-order valence-corrected chi connectivity index (χ2v) is 6.03. The third kappa shape index (κ3) is 3.33. The maximum atomic E-state index is 12.1. The molecule has 0 spiro atoms. The average molecular weight is 351 g/mol. The summed E-state index contributed by atoms with van der Waals surface area (Å²) in [5.74, 6) is -0.228. The average Bonchev–Trinajstić information content (AvgIpc) is 3.13. The van der Waals surface area contributed by atoms with E-state index in [1.165, 1.54) is 11.3 Å². The van der Waals surface area contributed by atoms with E-state index in [0.29, 0.717) is 15.8 Å². The number of ether oxygens (including phenoxy) is 1. The zero-order valence-corrected chi connectivity index (χ0v) is 13.5. The highest BCUT2D eigenvalue weighted by Gasteiger charge is 2.15. The van der Waals surface area contributed by atoms with E-state index in [9.17, 15) is 9.59 Å². The first-order chi connectivity index (χ1) is 11.0. The quantitative estimate of drug-likeness (QED) is 0.531. The molecule has 0 saturated carbocycles. The normalized spacial score (nSPS) is 10.7. The number of hydrogen-bond acceptors (Lipinski definition) is 6. The predicted molar refractivity (Wildman–Crippen MR) is 85.3 cm³/mol. The van der Waals surface area contributed by atoms with Gasteiger partial charge in [0.25, 0.3) is 0 Å². The molecular formula is C14H11ClN4O3S. The molecule has 0 saturated heterocycles. The summed E-state index contributed by atoms with van der Waals surface area (Å²) in [7, 11) is 0. The van der Waals surface area contributed by atoms with Crippen molar-refractivity contribution >= 4 is 28.9 Å². The molecule has 9 heteroatoms. The van der Waals surface area contributed by atoms with Crippen LogP contribution in [-0.4, -0.2) is 25.8 Å². The number of aryl methyl sites for hydroxylation is 1. The molecule has 0 N–H and O–H groups in total. The van der Waals surface area contributed by atoms with Gasteiger partial charge in [-0.3, -0.25) is 0 Å². The van der Waals surface area contributed by atoms with Crippen molar-refractivity contribution in [1.82, 2.24) is 19.8 Å². The van der Waals surface area contributed by atoms with E-state index in [0.717, 1.165) is 14.9 Å². The molecule has 23 heavy (non-hydrogen) atoms. The molecule has 0 amide bonds. The SMILES string of the molecule is Cc1cc(Cl)ccc1OC(=O)Cn1nnn(-c2cccs2)c1=O. The van der Waals surface area contributed by atoms with Crippen molar-refractivity contribution in [3.63, 3.8) is 0 Å². The minimum absolute atomic E-state index is 0.327. The zero-order chi connectivity index (χ0) is 16.4. The van der Waals surface area contributed by atoms with Crippen LogP contribution in [0.25, 0.3) is 5.00 Å². The lowest BCUT2D eigenvalue weighted by atomic mass is 10.2. The van der Waals surface area contributed by atoms with Crippen LogP contribution in [0.3, 0.4) is 0 Å². The fourth-order valence-electron chi connectivity index (χ4n) is 1.91. The molecule has 0 atom stereocenters. The van der Waals surface area contributed by atoms with Crippen molar-refractivity contribution in [1.29, 1.82) is 0 Å². The Morgan fingerprint density at radius 2 is 2.17 bits per heavy atom. The van der Waals surface area contributed by atoms with E-state index in [1.807, 2.05) is 5.38 Å². The van der Waals surface area contributed by atoms with Crippen molar-refractivity contribution in [3.05, 3.63) is 56.8 Å². The number of carbonyl (C=O) groups excluding carboxylic acids is 1. The number of thiophene rings is 1. The van der Waals surface area contributed by atoms with Gasteiger partial charge in [0.05, 0.1) is 0 Å². The first kappa shape index (κ1) is 15.4. The Morgan fingerprint density at radius 1 is 1.35 bits per heavy atom. The summed E-state index contributed by atoms with van der Waals surface area (Å²) >= 11 is 7.20. The minimum atomic E-state index is -0.615. The van der Waals surface area contributed by atoms with Gasteiger partial charge < -0.3 is 4.74 Å². The molecule has 0 aliphatic carbocycles. The summed E-state index contributed by atoms with van der Waals surface area (Å²) in [4.78, 5) is 24.1. The van der Waals surface area contributed by atoms with Crippen LogP contribution in [0.4, 0.5) is 0 Å². The smallest absolute Gasteiger partial charge is 0.369 e. The Balaban J connectivity index is 1.75. The third-order valence-corrected chi connectivity index (χ3v) is 4.07. The van der Waals surface area contributed by atoms with Crippen LogP contribution in [-0.2, 0) is 11.3 Å². The molecule has 7 nitrogen and oxygen atoms in total. The van der Waals surface area contributed by atoms with Gasteiger partial charge in [0.15, 0.2) is 0 Å². The number of carbonyl (C=O) groups is 1. The van der Waals surface area contributed by atoms with Crippen LogP contribution in [0.1, 0.15) is 5.56 Å². The lowest BCUT2D eigenvalue weighted by Crippen LogP contribution is -2.28. The Labute approximate surface area is 139 Å². The standard InChI is InChI=1S/C14H11ClN4O3S/c1-9-7-10(15)4-5-11(9)22-13(20)8-18-14(21)19(17-16-18)12-3-2-6-23-12/h2-7H,8H2,1H3. The second kappa shape index (κ2) is 6.35. The van der Waals surface area contributed by atoms with Gasteiger partial charge in [-0.1, -0.05) is 11.6 Å². The molecule has 0 aliphatic rings. The summed E-state index contributed by atoms with van der Waals surface area (Å²) in [5.41, 5.74) is 0.220. The lowest BCUT2D eigenvalue weighted by molar-refractivity contribution is -0.135. The van der Waals surface area contributed by atoms with E-state index < -0.39 is 11.7 Å². The maximum Gasteiger partial charge on any atom is 0.369 e. The van der Waals surface area contributed by atoms with Gasteiger partial charge in [0.2, 0.25) is 0 Å². The van der Waals surface area contributed by atoms with Crippen molar-refractivity contribution in [3.8, 4) is 10.8 Å². The summed E-state index contributed by atoms with van der Waals surface area (Å²) in [6.07, 6.45) is 0. The molecule has 118 valence electrons. The van der Waals surface area contributed by atoms with Crippen LogP contribution in [0.15, 0.2) is 40.5 Å². The highest BCUT2D eigenvalue weighted by atomic mass is 35.5. The van der Waals surface area contributed by atoms with Crippen LogP contribution in [0, 0.1) is 6.92 Å². The van der Waals surface area contributed by atoms with Crippen LogP contribution >= 0.6 is 22.9 Å². The van der Waals surface area contributed by atoms with Crippen molar-refractivity contribution in [2.24, 2.45) is 0 Å². The molecule has 0 aliphatic heterocycles. The fraction of sp³-hybridized carbons (Fsp3) is 0.143. The summed E-state index contributed by atoms with van der Waals surface area (Å²) in [6, 6.07) is 8.43. The van der Waals surface area contributed by atoms with Gasteiger partial charge in [-0.05, 0) is 58.6 Å². The molecule has 0 fully saturated rings. The molecule has 0 radical (unpaired) electrons. The predicted octanol–water partition coefficient (Wildman–Crippen LogP) is 2.06. The number of tetrazole rings is 1. The van der Waals surface area contributed by atoms with E-state index >= 15 is 0 Å². The highest BCUT2D eigenvalue weighted by molar-refractivity contribution is 7.12. The molecule has 0 bridgehead atoms. The van der Waals surface area contributed by atoms with E-state index in [4.69, 9.17) is 16.3 Å². The number of halogens is 1. The van der Waals surface area contributed by atoms with Crippen molar-refractivity contribution in [2.75, 3.05) is 0 Å². The van der Waals surface area contributed by atoms with E-state index in [-0.39, 0.29) is 6.54 Å². The van der Waals surface area contributed by atoms with Gasteiger partial charge in [0, 0.05) is 5.02 Å². The molecular weight excluding hydrogens is 340 g/mol. The maximum absolute atomic E-state index is 12.1. The van der Waals surface area contributed by atoms with Crippen LogP contribution in [0.5, 0.6) is 5.75 Å². The largest absolute Gasteiger partial charge is 0.425 e. The summed E-state index contributed by atoms with van der Waals surface area (Å²) in [6.45, 7) is 1.44. The number of rotatable bonds is 4. The monoisotopic (exact) mass is 350 g/mol. The Morgan fingerprint density at radius 3 is 2.87 bits per heavy atom. The van der Waals surface area contributed by atoms with Crippen LogP contribution < -0.4 is 10.4 Å². The lowest BCUT2D eigenvalue weighted by Gasteiger charge is -2.06. The molecule has 3 rings (SSSR count). The summed E-state index contributed by atoms with van der Waals surface area (Å²) < 4.78 is 7.31. The van der Waals surface area contributed by atoms with Gasteiger partial charge in [-0.25, -0.2) is 9.59 Å². The third-order valence-electron chi connectivity index (χ3n) is 2.99. The number of aromatic nitrogens is 4. The molecule has 2 heterocycles. The fourth-order valence-corrected chi connectivity index (χ4v) is 2.80. The van der Waals surface area contributed by atoms with Gasteiger partial charge in [0.1, 0.15) is 17.3 Å². The number of benzene rings is 1. The number of hydrogen-bond donors (Lipinski definition) is 0. The van der Waals surface area contributed by atoms with Gasteiger partial charge in [-0.15, -0.1) is 11.3 Å². The van der Waals surface area contributed by atoms with Gasteiger partial charge >= 0.3 is 11.7 Å². The van der Waals surface area contributed by atoms with Crippen molar-refractivity contribution in [2.45, 2.75) is 13.5 Å². The number of nitrogens with zero attached hydrogens (tertiary/aromatic N) is 4. The zero-order valence-electron chi connectivity index (χ0n) is 12.0. The first-order valence-corrected chi connectivity index (χ1v) is 7.84. The Kier molecular flexibility index (Phi) is 4.26. The second-order valence-electron chi connectivity index (χ2n) is 4.67. The summed E-state index contributed by atoms with van der Waals surface area (Å²) in [5, 5.41) is 10.4. The Hall–Kier alpha value is -2.45. The molecule has 1 aromatic carbocycles. The topological polar surface area (TPSA) is 79.0 Å². The van der Waals surface area contributed by atoms with Crippen LogP contribution in [0.2, 0.25) is 5.02 Å². The van der Waals surface area contributed by atoms with E-state index in [1.54, 1.807) is 37.3 Å². The number of esters is 1.